The first kappa shape index (κ1) is 16.4. The summed E-state index contributed by atoms with van der Waals surface area (Å²) >= 11 is 0. The average molecular weight is 350 g/mol. The van der Waals surface area contributed by atoms with Crippen molar-refractivity contribution in [2.24, 2.45) is 4.99 Å². The number of aromatic amines is 1. The number of likely N-dealkylation sites (tertiary alicyclic amines) is 1. The van der Waals surface area contributed by atoms with Crippen molar-refractivity contribution in [3.63, 3.8) is 0 Å². The van der Waals surface area contributed by atoms with Crippen LogP contribution in [0.1, 0.15) is 24.5 Å². The molecule has 1 fully saturated rings. The summed E-state index contributed by atoms with van der Waals surface area (Å²) in [5.74, 6) is 0.790. The second kappa shape index (κ2) is 6.33. The number of rotatable bonds is 4. The van der Waals surface area contributed by atoms with Gasteiger partial charge in [-0.15, -0.1) is 0 Å². The molecule has 0 aliphatic carbocycles. The van der Waals surface area contributed by atoms with Crippen LogP contribution in [0.5, 0.6) is 0 Å². The predicted molar refractivity (Wildman–Crippen MR) is 101 cm³/mol. The van der Waals surface area contributed by atoms with Crippen LogP contribution in [0.25, 0.3) is 0 Å². The van der Waals surface area contributed by atoms with Crippen molar-refractivity contribution in [3.8, 4) is 0 Å². The third-order valence-electron chi connectivity index (χ3n) is 5.14. The highest BCUT2D eigenvalue weighted by Crippen LogP contribution is 2.39. The summed E-state index contributed by atoms with van der Waals surface area (Å²) in [5.41, 5.74) is 3.48. The van der Waals surface area contributed by atoms with Gasteiger partial charge in [0, 0.05) is 43.2 Å². The van der Waals surface area contributed by atoms with Crippen molar-refractivity contribution in [1.29, 1.82) is 0 Å². The van der Waals surface area contributed by atoms with Gasteiger partial charge in [-0.25, -0.2) is 0 Å². The Hall–Kier alpha value is -3.09. The quantitative estimate of drug-likeness (QED) is 0.735. The molecule has 3 heterocycles. The number of H-pyrrole nitrogens is 1. The summed E-state index contributed by atoms with van der Waals surface area (Å²) in [6, 6.07) is 8.13. The van der Waals surface area contributed by atoms with Crippen LogP contribution in [0.15, 0.2) is 53.7 Å². The molecule has 4 rings (SSSR count). The summed E-state index contributed by atoms with van der Waals surface area (Å²) in [4.78, 5) is 19.5. The molecule has 1 saturated heterocycles. The first-order chi connectivity index (χ1) is 12.6. The molecule has 1 spiro atoms. The first-order valence-corrected chi connectivity index (χ1v) is 8.72. The van der Waals surface area contributed by atoms with Gasteiger partial charge in [-0.05, 0) is 25.0 Å². The molecule has 1 aromatic heterocycles. The fourth-order valence-electron chi connectivity index (χ4n) is 3.65. The van der Waals surface area contributed by atoms with Crippen LogP contribution in [0.3, 0.4) is 0 Å². The number of nitrogens with zero attached hydrogens (tertiary/aromatic N) is 3. The van der Waals surface area contributed by atoms with Crippen LogP contribution in [0.4, 0.5) is 5.69 Å². The van der Waals surface area contributed by atoms with E-state index in [2.05, 4.69) is 31.9 Å². The highest BCUT2D eigenvalue weighted by Gasteiger charge is 2.50. The fraction of sp³-hybridized carbons (Fsp3) is 0.316. The average Bonchev–Trinajstić information content (AvgIpc) is 3.37. The van der Waals surface area contributed by atoms with E-state index >= 15 is 0 Å². The van der Waals surface area contributed by atoms with E-state index < -0.39 is 5.54 Å². The highest BCUT2D eigenvalue weighted by atomic mass is 16.2. The van der Waals surface area contributed by atoms with Gasteiger partial charge < -0.3 is 10.6 Å². The largest absolute Gasteiger partial charge is 0.373 e. The Morgan fingerprint density at radius 3 is 3.00 bits per heavy atom. The number of para-hydroxylation sites is 1. The monoisotopic (exact) mass is 350 g/mol. The Kier molecular flexibility index (Phi) is 3.99. The molecule has 1 aromatic carbocycles. The van der Waals surface area contributed by atoms with E-state index in [0.29, 0.717) is 12.4 Å². The fourth-order valence-corrected chi connectivity index (χ4v) is 3.65. The number of nitrogens with one attached hydrogen (secondary N) is 3. The molecule has 0 saturated carbocycles. The number of aliphatic imine (C=N–C) groups is 1. The number of aromatic nitrogens is 2. The summed E-state index contributed by atoms with van der Waals surface area (Å²) in [7, 11) is 1.81. The van der Waals surface area contributed by atoms with Crippen LogP contribution in [0.2, 0.25) is 0 Å². The maximum atomic E-state index is 13.2. The summed E-state index contributed by atoms with van der Waals surface area (Å²) in [5, 5.41) is 13.3. The lowest BCUT2D eigenvalue weighted by Crippen LogP contribution is -2.46. The molecule has 1 amide bonds. The smallest absolute Gasteiger partial charge is 0.254 e. The second-order valence-electron chi connectivity index (χ2n) is 6.71. The molecular weight excluding hydrogens is 328 g/mol. The molecule has 1 atom stereocenters. The number of benzene rings is 1. The van der Waals surface area contributed by atoms with Crippen molar-refractivity contribution >= 4 is 17.3 Å². The number of fused-ring (bicyclic) bond motifs is 1. The number of carbonyl (C=O) groups is 1. The Labute approximate surface area is 152 Å². The van der Waals surface area contributed by atoms with Gasteiger partial charge in [0.05, 0.1) is 12.4 Å². The molecule has 1 unspecified atom stereocenters. The number of carbonyl (C=O) groups excluding carboxylic acids is 1. The number of amides is 1. The summed E-state index contributed by atoms with van der Waals surface area (Å²) in [6.07, 6.45) is 6.72. The minimum Gasteiger partial charge on any atom is -0.373 e. The number of anilines is 1. The van der Waals surface area contributed by atoms with Gasteiger partial charge in [-0.1, -0.05) is 18.2 Å². The molecule has 0 radical (unpaired) electrons. The van der Waals surface area contributed by atoms with E-state index in [1.54, 1.807) is 23.5 Å². The minimum absolute atomic E-state index is 0.0884. The molecule has 134 valence electrons. The highest BCUT2D eigenvalue weighted by molar-refractivity contribution is 5.98. The lowest BCUT2D eigenvalue weighted by atomic mass is 9.94. The topological polar surface area (TPSA) is 85.4 Å². The Morgan fingerprint density at radius 1 is 1.42 bits per heavy atom. The van der Waals surface area contributed by atoms with E-state index in [1.165, 1.54) is 5.56 Å². The molecule has 3 N–H and O–H groups in total. The van der Waals surface area contributed by atoms with Gasteiger partial charge in [-0.2, -0.15) is 5.10 Å². The third kappa shape index (κ3) is 2.65. The van der Waals surface area contributed by atoms with Gasteiger partial charge in [0.2, 0.25) is 0 Å². The van der Waals surface area contributed by atoms with E-state index in [-0.39, 0.29) is 5.91 Å². The molecular formula is C19H22N6O. The van der Waals surface area contributed by atoms with Crippen LogP contribution in [-0.4, -0.2) is 45.8 Å². The van der Waals surface area contributed by atoms with E-state index in [1.807, 2.05) is 32.2 Å². The maximum Gasteiger partial charge on any atom is 0.254 e. The molecule has 2 aromatic rings. The zero-order valence-electron chi connectivity index (χ0n) is 14.9. The molecule has 2 aliphatic heterocycles. The van der Waals surface area contributed by atoms with Crippen molar-refractivity contribution in [2.75, 3.05) is 18.9 Å². The third-order valence-corrected chi connectivity index (χ3v) is 5.14. The minimum atomic E-state index is -0.539. The lowest BCUT2D eigenvalue weighted by molar-refractivity contribution is -0.129. The van der Waals surface area contributed by atoms with Crippen molar-refractivity contribution < 1.29 is 4.79 Å². The van der Waals surface area contributed by atoms with Gasteiger partial charge in [-0.3, -0.25) is 19.8 Å². The Bertz CT molecular complexity index is 858. The Morgan fingerprint density at radius 2 is 2.27 bits per heavy atom. The Balaban J connectivity index is 1.56. The number of hydrogen-bond donors (Lipinski definition) is 3. The zero-order chi connectivity index (χ0) is 18.1. The van der Waals surface area contributed by atoms with Crippen molar-refractivity contribution in [2.45, 2.75) is 25.3 Å². The standard InChI is InChI=1S/C19H22N6O/c1-13(15-10-22-23-11-15)21-12-17(20-2)25-8-7-19(18(25)26)9-14-5-3-4-6-16(14)24-19/h3-6,10-12,20,24H,7-9H2,1-2H3,(H,22,23)/b17-12+,21-13+. The second-order valence-corrected chi connectivity index (χ2v) is 6.71. The molecule has 7 heteroatoms. The van der Waals surface area contributed by atoms with Crippen LogP contribution < -0.4 is 10.6 Å². The lowest BCUT2D eigenvalue weighted by Gasteiger charge is -2.25. The molecule has 26 heavy (non-hydrogen) atoms. The SMILES string of the molecule is CN/C(=C\N=C(/C)c1cn[nH]c1)N1CCC2(Cc3ccccc3N2)C1=O. The van der Waals surface area contributed by atoms with Crippen LogP contribution in [-0.2, 0) is 11.2 Å². The van der Waals surface area contributed by atoms with Gasteiger partial charge >= 0.3 is 0 Å². The maximum absolute atomic E-state index is 13.2. The molecule has 7 nitrogen and oxygen atoms in total. The van der Waals surface area contributed by atoms with Crippen LogP contribution in [0, 0.1) is 0 Å². The predicted octanol–water partition coefficient (Wildman–Crippen LogP) is 1.88. The number of hydrogen-bond acceptors (Lipinski definition) is 5. The zero-order valence-corrected chi connectivity index (χ0v) is 14.9. The van der Waals surface area contributed by atoms with E-state index in [4.69, 9.17) is 0 Å². The van der Waals surface area contributed by atoms with Crippen LogP contribution >= 0.6 is 0 Å². The first-order valence-electron chi connectivity index (χ1n) is 8.72. The van der Waals surface area contributed by atoms with E-state index in [0.717, 1.165) is 29.8 Å². The van der Waals surface area contributed by atoms with Gasteiger partial charge in [0.1, 0.15) is 11.4 Å². The van der Waals surface area contributed by atoms with Crippen molar-refractivity contribution in [1.82, 2.24) is 20.4 Å². The van der Waals surface area contributed by atoms with Crippen molar-refractivity contribution in [3.05, 3.63) is 59.8 Å². The normalized spacial score (nSPS) is 22.7. The molecule has 2 aliphatic rings. The summed E-state index contributed by atoms with van der Waals surface area (Å²) < 4.78 is 0. The van der Waals surface area contributed by atoms with Gasteiger partial charge in [0.25, 0.3) is 5.91 Å². The summed E-state index contributed by atoms with van der Waals surface area (Å²) in [6.45, 7) is 2.57. The van der Waals surface area contributed by atoms with E-state index in [9.17, 15) is 4.79 Å². The molecule has 0 bridgehead atoms. The van der Waals surface area contributed by atoms with Gasteiger partial charge in [0.15, 0.2) is 0 Å².